The van der Waals surface area contributed by atoms with Crippen molar-refractivity contribution in [2.45, 2.75) is 18.7 Å². The van der Waals surface area contributed by atoms with E-state index >= 15 is 0 Å². The first-order valence-corrected chi connectivity index (χ1v) is 10.1. The number of pyridine rings is 1. The summed E-state index contributed by atoms with van der Waals surface area (Å²) < 4.78 is 37.3. The molecule has 0 aliphatic carbocycles. The summed E-state index contributed by atoms with van der Waals surface area (Å²) in [6.07, 6.45) is 2.95. The van der Waals surface area contributed by atoms with Crippen LogP contribution in [0.4, 0.5) is 5.82 Å². The van der Waals surface area contributed by atoms with Crippen LogP contribution < -0.4 is 14.9 Å². The standard InChI is InChI=1S/C18H22N4O4S/c1-3-22(4-2)27(23,24)15-6-8-18(19-13-15)21-20-12-14-5-7-16-17(11-14)26-10-9-25-16/h5-8,11-13H,3-4,9-10H2,1-2H3,(H,19,21)/b20-12-. The summed E-state index contributed by atoms with van der Waals surface area (Å²) in [6.45, 7) is 5.51. The zero-order valence-corrected chi connectivity index (χ0v) is 16.1. The van der Waals surface area contributed by atoms with Gasteiger partial charge in [0.2, 0.25) is 10.0 Å². The smallest absolute Gasteiger partial charge is 0.244 e. The molecule has 1 aromatic heterocycles. The third-order valence-electron chi connectivity index (χ3n) is 4.04. The molecule has 1 aliphatic rings. The first kappa shape index (κ1) is 19.1. The predicted molar refractivity (Wildman–Crippen MR) is 103 cm³/mol. The third-order valence-corrected chi connectivity index (χ3v) is 6.07. The molecule has 2 aromatic rings. The van der Waals surface area contributed by atoms with Crippen molar-refractivity contribution in [3.05, 3.63) is 42.1 Å². The average molecular weight is 390 g/mol. The van der Waals surface area contributed by atoms with Gasteiger partial charge in [-0.3, -0.25) is 5.43 Å². The summed E-state index contributed by atoms with van der Waals surface area (Å²) in [5.41, 5.74) is 3.63. The van der Waals surface area contributed by atoms with Gasteiger partial charge in [0.15, 0.2) is 11.5 Å². The number of aromatic nitrogens is 1. The van der Waals surface area contributed by atoms with Crippen LogP contribution in [0.25, 0.3) is 0 Å². The molecule has 0 fully saturated rings. The van der Waals surface area contributed by atoms with Crippen LogP contribution in [0.15, 0.2) is 46.5 Å². The molecule has 0 spiro atoms. The quantitative estimate of drug-likeness (QED) is 0.576. The minimum atomic E-state index is -3.51. The molecule has 1 aliphatic heterocycles. The number of ether oxygens (including phenoxy) is 2. The second-order valence-electron chi connectivity index (χ2n) is 5.74. The molecule has 144 valence electrons. The number of hydrogen-bond acceptors (Lipinski definition) is 7. The molecule has 0 saturated heterocycles. The number of nitrogens with one attached hydrogen (secondary N) is 1. The molecule has 0 amide bonds. The molecular weight excluding hydrogens is 368 g/mol. The van der Waals surface area contributed by atoms with Crippen molar-refractivity contribution in [2.75, 3.05) is 31.7 Å². The second kappa shape index (κ2) is 8.36. The zero-order valence-electron chi connectivity index (χ0n) is 15.3. The maximum Gasteiger partial charge on any atom is 0.244 e. The fourth-order valence-corrected chi connectivity index (χ4v) is 4.03. The zero-order chi connectivity index (χ0) is 19.3. The summed E-state index contributed by atoms with van der Waals surface area (Å²) in [5.74, 6) is 1.86. The van der Waals surface area contributed by atoms with E-state index in [1.54, 1.807) is 26.1 Å². The fraction of sp³-hybridized carbons (Fsp3) is 0.333. The van der Waals surface area contributed by atoms with E-state index in [1.807, 2.05) is 18.2 Å². The molecular formula is C18H22N4O4S. The van der Waals surface area contributed by atoms with E-state index in [0.29, 0.717) is 37.9 Å². The van der Waals surface area contributed by atoms with E-state index in [1.165, 1.54) is 16.6 Å². The number of fused-ring (bicyclic) bond motifs is 1. The lowest BCUT2D eigenvalue weighted by Crippen LogP contribution is -2.30. The Morgan fingerprint density at radius 2 is 1.89 bits per heavy atom. The first-order valence-electron chi connectivity index (χ1n) is 8.69. The van der Waals surface area contributed by atoms with E-state index in [2.05, 4.69) is 15.5 Å². The molecule has 1 N–H and O–H groups in total. The molecule has 1 aromatic carbocycles. The van der Waals surface area contributed by atoms with Crippen molar-refractivity contribution in [1.82, 2.24) is 9.29 Å². The molecule has 0 bridgehead atoms. The SMILES string of the molecule is CCN(CC)S(=O)(=O)c1ccc(N/N=C\c2ccc3c(c2)OCCO3)nc1. The van der Waals surface area contributed by atoms with Crippen LogP contribution in [-0.4, -0.2) is 50.2 Å². The molecule has 0 radical (unpaired) electrons. The molecule has 8 nitrogen and oxygen atoms in total. The van der Waals surface area contributed by atoms with Crippen LogP contribution >= 0.6 is 0 Å². The van der Waals surface area contributed by atoms with Gasteiger partial charge in [0, 0.05) is 19.3 Å². The maximum absolute atomic E-state index is 12.4. The van der Waals surface area contributed by atoms with Gasteiger partial charge in [0.25, 0.3) is 0 Å². The molecule has 9 heteroatoms. The highest BCUT2D eigenvalue weighted by Gasteiger charge is 2.21. The van der Waals surface area contributed by atoms with Crippen LogP contribution in [-0.2, 0) is 10.0 Å². The minimum Gasteiger partial charge on any atom is -0.486 e. The van der Waals surface area contributed by atoms with Crippen LogP contribution in [0.1, 0.15) is 19.4 Å². The number of anilines is 1. The molecule has 0 unspecified atom stereocenters. The molecule has 0 saturated carbocycles. The van der Waals surface area contributed by atoms with Gasteiger partial charge in [0.05, 0.1) is 6.21 Å². The van der Waals surface area contributed by atoms with Crippen molar-refractivity contribution in [2.24, 2.45) is 5.10 Å². The molecule has 27 heavy (non-hydrogen) atoms. The first-order chi connectivity index (χ1) is 13.0. The lowest BCUT2D eigenvalue weighted by atomic mass is 10.2. The number of rotatable bonds is 7. The van der Waals surface area contributed by atoms with E-state index in [4.69, 9.17) is 9.47 Å². The molecule has 2 heterocycles. The predicted octanol–water partition coefficient (Wildman–Crippen LogP) is 2.33. The Kier molecular flexibility index (Phi) is 5.92. The number of nitrogens with zero attached hydrogens (tertiary/aromatic N) is 3. The Morgan fingerprint density at radius 3 is 2.56 bits per heavy atom. The summed E-state index contributed by atoms with van der Waals surface area (Å²) in [5, 5.41) is 4.13. The largest absolute Gasteiger partial charge is 0.486 e. The van der Waals surface area contributed by atoms with Crippen LogP contribution in [0.3, 0.4) is 0 Å². The third kappa shape index (κ3) is 4.37. The number of sulfonamides is 1. The molecule has 0 atom stereocenters. The summed E-state index contributed by atoms with van der Waals surface area (Å²) in [6, 6.07) is 8.64. The van der Waals surface area contributed by atoms with Gasteiger partial charge in [0.1, 0.15) is 23.9 Å². The Bertz CT molecular complexity index is 909. The second-order valence-corrected chi connectivity index (χ2v) is 7.68. The van der Waals surface area contributed by atoms with Gasteiger partial charge in [-0.25, -0.2) is 13.4 Å². The minimum absolute atomic E-state index is 0.160. The topological polar surface area (TPSA) is 93.1 Å². The van der Waals surface area contributed by atoms with Gasteiger partial charge in [-0.1, -0.05) is 13.8 Å². The monoisotopic (exact) mass is 390 g/mol. The summed E-state index contributed by atoms with van der Waals surface area (Å²) in [7, 11) is -3.51. The van der Waals surface area contributed by atoms with Crippen LogP contribution in [0.5, 0.6) is 11.5 Å². The number of benzene rings is 1. The Labute approximate surface area is 158 Å². The van der Waals surface area contributed by atoms with Crippen molar-refractivity contribution < 1.29 is 17.9 Å². The number of hydrazone groups is 1. The fourth-order valence-electron chi connectivity index (χ4n) is 2.62. The van der Waals surface area contributed by atoms with Gasteiger partial charge in [-0.2, -0.15) is 9.41 Å². The highest BCUT2D eigenvalue weighted by molar-refractivity contribution is 7.89. The van der Waals surface area contributed by atoms with Crippen LogP contribution in [0, 0.1) is 0 Å². The van der Waals surface area contributed by atoms with E-state index in [-0.39, 0.29) is 4.90 Å². The van der Waals surface area contributed by atoms with Crippen molar-refractivity contribution in [3.63, 3.8) is 0 Å². The highest BCUT2D eigenvalue weighted by atomic mass is 32.2. The van der Waals surface area contributed by atoms with Gasteiger partial charge in [-0.15, -0.1) is 0 Å². The van der Waals surface area contributed by atoms with Gasteiger partial charge < -0.3 is 9.47 Å². The van der Waals surface area contributed by atoms with Crippen molar-refractivity contribution in [1.29, 1.82) is 0 Å². The van der Waals surface area contributed by atoms with Crippen molar-refractivity contribution >= 4 is 22.1 Å². The van der Waals surface area contributed by atoms with Gasteiger partial charge >= 0.3 is 0 Å². The van der Waals surface area contributed by atoms with Crippen molar-refractivity contribution in [3.8, 4) is 11.5 Å². The Morgan fingerprint density at radius 1 is 1.15 bits per heavy atom. The highest BCUT2D eigenvalue weighted by Crippen LogP contribution is 2.30. The number of hydrogen-bond donors (Lipinski definition) is 1. The van der Waals surface area contributed by atoms with Gasteiger partial charge in [-0.05, 0) is 35.9 Å². The normalized spacial score (nSPS) is 13.9. The van der Waals surface area contributed by atoms with E-state index in [0.717, 1.165) is 11.3 Å². The van der Waals surface area contributed by atoms with Crippen LogP contribution in [0.2, 0.25) is 0 Å². The molecule has 3 rings (SSSR count). The average Bonchev–Trinajstić information content (AvgIpc) is 2.69. The maximum atomic E-state index is 12.4. The van der Waals surface area contributed by atoms with E-state index < -0.39 is 10.0 Å². The lowest BCUT2D eigenvalue weighted by Gasteiger charge is -2.18. The summed E-state index contributed by atoms with van der Waals surface area (Å²) >= 11 is 0. The Hall–Kier alpha value is -2.65. The Balaban J connectivity index is 1.66. The lowest BCUT2D eigenvalue weighted by molar-refractivity contribution is 0.171. The van der Waals surface area contributed by atoms with E-state index in [9.17, 15) is 8.42 Å². The summed E-state index contributed by atoms with van der Waals surface area (Å²) in [4.78, 5) is 4.28.